The minimum Gasteiger partial charge on any atom is -0.493 e. The smallest absolute Gasteiger partial charge is 0.162 e. The lowest BCUT2D eigenvalue weighted by atomic mass is 10.1. The second kappa shape index (κ2) is 9.14. The van der Waals surface area contributed by atoms with Crippen LogP contribution in [0, 0.1) is 0 Å². The lowest BCUT2D eigenvalue weighted by Gasteiger charge is -2.34. The molecule has 33 heavy (non-hydrogen) atoms. The van der Waals surface area contributed by atoms with Gasteiger partial charge in [0.1, 0.15) is 18.2 Å². The Bertz CT molecular complexity index is 1180. The normalized spacial score (nSPS) is 16.5. The Labute approximate surface area is 194 Å². The number of anilines is 2. The van der Waals surface area contributed by atoms with E-state index in [1.54, 1.807) is 13.4 Å². The van der Waals surface area contributed by atoms with Crippen LogP contribution in [0.15, 0.2) is 67.7 Å². The molecule has 1 saturated heterocycles. The summed E-state index contributed by atoms with van der Waals surface area (Å²) >= 11 is 0. The average molecular weight is 443 g/mol. The molecule has 3 aromatic rings. The number of fused-ring (bicyclic) bond motifs is 1. The maximum atomic E-state index is 6.42. The molecule has 2 aliphatic rings. The van der Waals surface area contributed by atoms with Gasteiger partial charge in [0.25, 0.3) is 0 Å². The van der Waals surface area contributed by atoms with Crippen molar-refractivity contribution in [3.05, 3.63) is 73.2 Å². The summed E-state index contributed by atoms with van der Waals surface area (Å²) in [5, 5.41) is 4.39. The fourth-order valence-electron chi connectivity index (χ4n) is 4.41. The molecule has 1 saturated carbocycles. The first-order valence-electron chi connectivity index (χ1n) is 11.6. The Kier molecular flexibility index (Phi) is 5.90. The van der Waals surface area contributed by atoms with E-state index in [0.29, 0.717) is 11.7 Å². The van der Waals surface area contributed by atoms with Crippen LogP contribution >= 0.6 is 0 Å². The highest BCUT2D eigenvalue weighted by molar-refractivity contribution is 5.93. The van der Waals surface area contributed by atoms with Crippen LogP contribution in [0.4, 0.5) is 11.5 Å². The van der Waals surface area contributed by atoms with Gasteiger partial charge in [-0.1, -0.05) is 25.3 Å². The van der Waals surface area contributed by atoms with Gasteiger partial charge in [-0.25, -0.2) is 9.97 Å². The SMILES string of the molecule is C=CC(=C)N1CCC(Oc2cc3c(Nc4cccc(C5CC5)c4)ncnc3cc2OC)CC1. The van der Waals surface area contributed by atoms with Gasteiger partial charge < -0.3 is 19.7 Å². The van der Waals surface area contributed by atoms with Crippen LogP contribution in [-0.2, 0) is 0 Å². The lowest BCUT2D eigenvalue weighted by Crippen LogP contribution is -2.37. The summed E-state index contributed by atoms with van der Waals surface area (Å²) in [4.78, 5) is 11.2. The molecule has 6 nitrogen and oxygen atoms in total. The van der Waals surface area contributed by atoms with Crippen LogP contribution in [0.25, 0.3) is 10.9 Å². The Balaban J connectivity index is 1.39. The zero-order valence-electron chi connectivity index (χ0n) is 19.1. The highest BCUT2D eigenvalue weighted by Gasteiger charge is 2.24. The lowest BCUT2D eigenvalue weighted by molar-refractivity contribution is 0.116. The molecule has 170 valence electrons. The number of nitrogens with one attached hydrogen (secondary N) is 1. The Morgan fingerprint density at radius 1 is 1.09 bits per heavy atom. The molecule has 5 rings (SSSR count). The molecule has 0 atom stereocenters. The fourth-order valence-corrected chi connectivity index (χ4v) is 4.41. The Morgan fingerprint density at radius 3 is 2.64 bits per heavy atom. The van der Waals surface area contributed by atoms with Gasteiger partial charge in [-0.05, 0) is 48.6 Å². The van der Waals surface area contributed by atoms with E-state index in [1.165, 1.54) is 18.4 Å². The predicted molar refractivity (Wildman–Crippen MR) is 132 cm³/mol. The maximum Gasteiger partial charge on any atom is 0.162 e. The molecule has 0 spiro atoms. The molecule has 0 bridgehead atoms. The van der Waals surface area contributed by atoms with Gasteiger partial charge in [-0.15, -0.1) is 0 Å². The van der Waals surface area contributed by atoms with Gasteiger partial charge in [-0.3, -0.25) is 0 Å². The summed E-state index contributed by atoms with van der Waals surface area (Å²) < 4.78 is 12.1. The van der Waals surface area contributed by atoms with Crippen LogP contribution in [0.1, 0.15) is 37.2 Å². The van der Waals surface area contributed by atoms with Crippen LogP contribution < -0.4 is 14.8 Å². The molecule has 1 aliphatic carbocycles. The summed E-state index contributed by atoms with van der Waals surface area (Å²) in [6, 6.07) is 12.5. The van der Waals surface area contributed by atoms with Crippen LogP contribution in [0.2, 0.25) is 0 Å². The van der Waals surface area contributed by atoms with Gasteiger partial charge >= 0.3 is 0 Å². The molecular weight excluding hydrogens is 412 g/mol. The van der Waals surface area contributed by atoms with E-state index >= 15 is 0 Å². The second-order valence-corrected chi connectivity index (χ2v) is 8.77. The van der Waals surface area contributed by atoms with E-state index in [1.807, 2.05) is 18.2 Å². The second-order valence-electron chi connectivity index (χ2n) is 8.77. The molecule has 0 radical (unpaired) electrons. The molecule has 0 unspecified atom stereocenters. The number of hydrogen-bond acceptors (Lipinski definition) is 6. The summed E-state index contributed by atoms with van der Waals surface area (Å²) in [5.74, 6) is 2.86. The number of benzene rings is 2. The predicted octanol–water partition coefficient (Wildman–Crippen LogP) is 5.80. The van der Waals surface area contributed by atoms with Crippen molar-refractivity contribution in [3.63, 3.8) is 0 Å². The van der Waals surface area contributed by atoms with E-state index in [9.17, 15) is 0 Å². The quantitative estimate of drug-likeness (QED) is 0.445. The van der Waals surface area contributed by atoms with Crippen molar-refractivity contribution < 1.29 is 9.47 Å². The molecule has 1 N–H and O–H groups in total. The third-order valence-electron chi connectivity index (χ3n) is 6.50. The number of ether oxygens (including phenoxy) is 2. The van der Waals surface area contributed by atoms with E-state index in [0.717, 1.165) is 59.8 Å². The van der Waals surface area contributed by atoms with Crippen LogP contribution in [0.3, 0.4) is 0 Å². The molecule has 0 amide bonds. The number of aromatic nitrogens is 2. The number of nitrogens with zero attached hydrogens (tertiary/aromatic N) is 3. The minimum atomic E-state index is 0.112. The summed E-state index contributed by atoms with van der Waals surface area (Å²) in [5.41, 5.74) is 4.20. The first kappa shape index (κ1) is 21.3. The third kappa shape index (κ3) is 4.65. The number of hydrogen-bond donors (Lipinski definition) is 1. The van der Waals surface area contributed by atoms with Crippen LogP contribution in [-0.4, -0.2) is 41.2 Å². The van der Waals surface area contributed by atoms with Gasteiger partial charge in [-0.2, -0.15) is 0 Å². The van der Waals surface area contributed by atoms with Gasteiger partial charge in [0.15, 0.2) is 11.5 Å². The van der Waals surface area contributed by atoms with Crippen molar-refractivity contribution >= 4 is 22.4 Å². The monoisotopic (exact) mass is 442 g/mol. The van der Waals surface area contributed by atoms with E-state index in [4.69, 9.17) is 9.47 Å². The van der Waals surface area contributed by atoms with Crippen molar-refractivity contribution in [2.75, 3.05) is 25.5 Å². The zero-order chi connectivity index (χ0) is 22.8. The Hall–Kier alpha value is -3.54. The highest BCUT2D eigenvalue weighted by Crippen LogP contribution is 2.41. The van der Waals surface area contributed by atoms with Gasteiger partial charge in [0.2, 0.25) is 0 Å². The standard InChI is InChI=1S/C27H30N4O2/c1-4-18(2)31-12-10-22(11-13-31)33-26-15-23-24(16-25(26)32-3)28-17-29-27(23)30-21-7-5-6-20(14-21)19-8-9-19/h4-7,14-17,19,22H,1-2,8-13H2,3H3,(H,28,29,30). The fraction of sp³-hybridized carbons (Fsp3) is 0.333. The summed E-state index contributed by atoms with van der Waals surface area (Å²) in [6.45, 7) is 9.68. The topological polar surface area (TPSA) is 59.5 Å². The number of likely N-dealkylation sites (tertiary alicyclic amines) is 1. The van der Waals surface area contributed by atoms with Gasteiger partial charge in [0.05, 0.1) is 12.6 Å². The number of rotatable bonds is 8. The zero-order valence-corrected chi connectivity index (χ0v) is 19.1. The van der Waals surface area contributed by atoms with E-state index in [-0.39, 0.29) is 6.10 Å². The average Bonchev–Trinajstić information content (AvgIpc) is 3.70. The van der Waals surface area contributed by atoms with Crippen LogP contribution in [0.5, 0.6) is 11.5 Å². The molecule has 6 heteroatoms. The largest absolute Gasteiger partial charge is 0.493 e. The molecule has 1 aromatic heterocycles. The third-order valence-corrected chi connectivity index (χ3v) is 6.50. The molecular formula is C27H30N4O2. The highest BCUT2D eigenvalue weighted by atomic mass is 16.5. The van der Waals surface area contributed by atoms with Crippen molar-refractivity contribution in [3.8, 4) is 11.5 Å². The van der Waals surface area contributed by atoms with Gasteiger partial charge in [0, 0.05) is 48.8 Å². The summed E-state index contributed by atoms with van der Waals surface area (Å²) in [6.07, 6.45) is 7.89. The maximum absolute atomic E-state index is 6.42. The van der Waals surface area contributed by atoms with Crippen molar-refractivity contribution in [2.45, 2.75) is 37.7 Å². The number of allylic oxidation sites excluding steroid dienone is 1. The minimum absolute atomic E-state index is 0.112. The van der Waals surface area contributed by atoms with E-state index in [2.05, 4.69) is 57.6 Å². The molecule has 2 fully saturated rings. The first-order chi connectivity index (χ1) is 16.1. The van der Waals surface area contributed by atoms with Crippen molar-refractivity contribution in [2.24, 2.45) is 0 Å². The summed E-state index contributed by atoms with van der Waals surface area (Å²) in [7, 11) is 1.66. The molecule has 2 aromatic carbocycles. The number of methoxy groups -OCH3 is 1. The first-order valence-corrected chi connectivity index (χ1v) is 11.6. The molecule has 2 heterocycles. The van der Waals surface area contributed by atoms with E-state index < -0.39 is 0 Å². The number of piperidine rings is 1. The van der Waals surface area contributed by atoms with Crippen molar-refractivity contribution in [1.82, 2.24) is 14.9 Å². The van der Waals surface area contributed by atoms with Crippen molar-refractivity contribution in [1.29, 1.82) is 0 Å². The molecule has 1 aliphatic heterocycles. The Morgan fingerprint density at radius 2 is 1.91 bits per heavy atom.